The summed E-state index contributed by atoms with van der Waals surface area (Å²) in [5.41, 5.74) is 0.376. The number of benzene rings is 3. The van der Waals surface area contributed by atoms with Crippen molar-refractivity contribution in [2.75, 3.05) is 10.8 Å². The average Bonchev–Trinajstić information content (AvgIpc) is 3.47. The molecule has 0 radical (unpaired) electrons. The molecule has 0 saturated heterocycles. The molecule has 1 aliphatic rings. The van der Waals surface area contributed by atoms with Crippen LogP contribution in [0.1, 0.15) is 38.2 Å². The summed E-state index contributed by atoms with van der Waals surface area (Å²) < 4.78 is 29.3. The number of nitro groups is 1. The zero-order valence-electron chi connectivity index (χ0n) is 22.5. The van der Waals surface area contributed by atoms with Crippen molar-refractivity contribution in [2.24, 2.45) is 0 Å². The maximum absolute atomic E-state index is 14.0. The molecule has 2 amide bonds. The molecule has 0 unspecified atom stereocenters. The van der Waals surface area contributed by atoms with Crippen molar-refractivity contribution >= 4 is 49.1 Å². The number of nitrogens with zero attached hydrogens (tertiary/aromatic N) is 3. The van der Waals surface area contributed by atoms with E-state index in [1.807, 2.05) is 18.2 Å². The molecule has 0 aromatic heterocycles. The summed E-state index contributed by atoms with van der Waals surface area (Å²) in [6, 6.07) is 19.1. The van der Waals surface area contributed by atoms with Gasteiger partial charge in [-0.25, -0.2) is 8.42 Å². The second-order valence-corrected chi connectivity index (χ2v) is 12.7. The van der Waals surface area contributed by atoms with E-state index in [9.17, 15) is 28.1 Å². The molecule has 10 nitrogen and oxygen atoms in total. The van der Waals surface area contributed by atoms with Gasteiger partial charge in [-0.1, -0.05) is 65.2 Å². The predicted molar refractivity (Wildman–Crippen MR) is 159 cm³/mol. The van der Waals surface area contributed by atoms with E-state index in [0.29, 0.717) is 0 Å². The third-order valence-corrected chi connectivity index (χ3v) is 9.33. The zero-order chi connectivity index (χ0) is 29.6. The largest absolute Gasteiger partial charge is 0.352 e. The van der Waals surface area contributed by atoms with Gasteiger partial charge in [-0.05, 0) is 55.7 Å². The second-order valence-electron chi connectivity index (χ2n) is 9.92. The Morgan fingerprint density at radius 1 is 1.02 bits per heavy atom. The first kappa shape index (κ1) is 30.2. The van der Waals surface area contributed by atoms with E-state index >= 15 is 0 Å². The zero-order valence-corrected chi connectivity index (χ0v) is 24.9. The molecule has 4 rings (SSSR count). The van der Waals surface area contributed by atoms with Crippen molar-refractivity contribution in [1.29, 1.82) is 0 Å². The number of nitro benzene ring substituents is 1. The number of carbonyl (C=O) groups is 2. The summed E-state index contributed by atoms with van der Waals surface area (Å²) in [6.45, 7) is 0.989. The molecule has 216 valence electrons. The Bertz CT molecular complexity index is 1510. The summed E-state index contributed by atoms with van der Waals surface area (Å²) in [5.74, 6) is -0.960. The third-order valence-electron chi connectivity index (χ3n) is 7.05. The van der Waals surface area contributed by atoms with Crippen LogP contribution in [0, 0.1) is 10.1 Å². The number of carbonyl (C=O) groups excluding carboxylic acids is 2. The van der Waals surface area contributed by atoms with Crippen LogP contribution in [0.4, 0.5) is 11.4 Å². The van der Waals surface area contributed by atoms with Crippen LogP contribution in [-0.4, -0.2) is 48.7 Å². The van der Waals surface area contributed by atoms with Gasteiger partial charge in [-0.2, -0.15) is 0 Å². The summed E-state index contributed by atoms with van der Waals surface area (Å²) in [6.07, 6.45) is 3.78. The van der Waals surface area contributed by atoms with Crippen LogP contribution in [0.15, 0.2) is 88.2 Å². The number of nitrogens with one attached hydrogen (secondary N) is 1. The van der Waals surface area contributed by atoms with Gasteiger partial charge in [-0.3, -0.25) is 24.0 Å². The average molecular weight is 644 g/mol. The molecule has 0 spiro atoms. The Labute approximate surface area is 247 Å². The van der Waals surface area contributed by atoms with Crippen LogP contribution < -0.4 is 9.62 Å². The van der Waals surface area contributed by atoms with E-state index in [-0.39, 0.29) is 34.8 Å². The molecule has 1 fully saturated rings. The molecule has 1 atom stereocenters. The minimum absolute atomic E-state index is 0.0348. The lowest BCUT2D eigenvalue weighted by Crippen LogP contribution is -2.52. The van der Waals surface area contributed by atoms with Crippen LogP contribution in [0.2, 0.25) is 0 Å². The SMILES string of the molecule is C[C@@H](C(=O)NC1CCCC1)N(Cc1cccc(Br)c1)C(=O)CN(c1cccc([N+](=O)[O-])c1)S(=O)(=O)c1ccccc1. The van der Waals surface area contributed by atoms with Crippen molar-refractivity contribution in [3.63, 3.8) is 0 Å². The summed E-state index contributed by atoms with van der Waals surface area (Å²) in [5, 5.41) is 14.5. The van der Waals surface area contributed by atoms with E-state index < -0.39 is 33.4 Å². The minimum Gasteiger partial charge on any atom is -0.352 e. The van der Waals surface area contributed by atoms with Crippen LogP contribution in [0.5, 0.6) is 0 Å². The Morgan fingerprint density at radius 3 is 2.37 bits per heavy atom. The highest BCUT2D eigenvalue weighted by Gasteiger charge is 2.33. The summed E-state index contributed by atoms with van der Waals surface area (Å²) in [4.78, 5) is 39.4. The second kappa shape index (κ2) is 13.3. The maximum atomic E-state index is 14.0. The molecular weight excluding hydrogens is 612 g/mol. The molecule has 3 aromatic carbocycles. The molecule has 1 N–H and O–H groups in total. The van der Waals surface area contributed by atoms with Gasteiger partial charge in [0, 0.05) is 29.2 Å². The van der Waals surface area contributed by atoms with E-state index in [4.69, 9.17) is 0 Å². The fraction of sp³-hybridized carbons (Fsp3) is 0.310. The van der Waals surface area contributed by atoms with Crippen LogP contribution >= 0.6 is 15.9 Å². The maximum Gasteiger partial charge on any atom is 0.271 e. The number of halogens is 1. The third kappa shape index (κ3) is 7.50. The molecule has 3 aromatic rings. The first-order valence-electron chi connectivity index (χ1n) is 13.2. The van der Waals surface area contributed by atoms with Gasteiger partial charge in [0.15, 0.2) is 0 Å². The van der Waals surface area contributed by atoms with Gasteiger partial charge >= 0.3 is 0 Å². The van der Waals surface area contributed by atoms with Crippen LogP contribution in [-0.2, 0) is 26.2 Å². The van der Waals surface area contributed by atoms with E-state index in [1.165, 1.54) is 35.2 Å². The lowest BCUT2D eigenvalue weighted by atomic mass is 10.1. The first-order valence-corrected chi connectivity index (χ1v) is 15.5. The smallest absolute Gasteiger partial charge is 0.271 e. The van der Waals surface area contributed by atoms with Crippen molar-refractivity contribution in [3.05, 3.63) is 99.0 Å². The number of anilines is 1. The number of non-ortho nitro benzene ring substituents is 1. The van der Waals surface area contributed by atoms with Gasteiger partial charge in [0.05, 0.1) is 15.5 Å². The number of hydrogen-bond acceptors (Lipinski definition) is 6. The number of rotatable bonds is 11. The van der Waals surface area contributed by atoms with Gasteiger partial charge in [0.2, 0.25) is 11.8 Å². The minimum atomic E-state index is -4.31. The van der Waals surface area contributed by atoms with E-state index in [1.54, 1.807) is 31.2 Å². The first-order chi connectivity index (χ1) is 19.6. The van der Waals surface area contributed by atoms with E-state index in [2.05, 4.69) is 21.2 Å². The Balaban J connectivity index is 1.71. The standard InChI is InChI=1S/C29H31BrN4O6S/c1-21(29(36)31-24-11-5-6-12-24)32(19-22-9-7-10-23(30)17-22)28(35)20-33(25-13-8-14-26(18-25)34(37)38)41(39,40)27-15-3-2-4-16-27/h2-4,7-10,13-18,21,24H,5-6,11-12,19-20H2,1H3,(H,31,36)/t21-/m0/s1. The molecule has 0 heterocycles. The Hall–Kier alpha value is -3.77. The van der Waals surface area contributed by atoms with Crippen molar-refractivity contribution < 1.29 is 22.9 Å². The summed E-state index contributed by atoms with van der Waals surface area (Å²) in [7, 11) is -4.31. The fourth-order valence-corrected chi connectivity index (χ4v) is 6.69. The Kier molecular flexibility index (Phi) is 9.77. The molecule has 0 bridgehead atoms. The number of amides is 2. The van der Waals surface area contributed by atoms with Crippen molar-refractivity contribution in [3.8, 4) is 0 Å². The predicted octanol–water partition coefficient (Wildman–Crippen LogP) is 5.03. The van der Waals surface area contributed by atoms with Crippen LogP contribution in [0.3, 0.4) is 0 Å². The van der Waals surface area contributed by atoms with Gasteiger partial charge < -0.3 is 10.2 Å². The highest BCUT2D eigenvalue weighted by atomic mass is 79.9. The molecular formula is C29H31BrN4O6S. The van der Waals surface area contributed by atoms with E-state index in [0.717, 1.165) is 46.1 Å². The highest BCUT2D eigenvalue weighted by molar-refractivity contribution is 9.10. The van der Waals surface area contributed by atoms with Gasteiger partial charge in [0.1, 0.15) is 12.6 Å². The quantitative estimate of drug-likeness (QED) is 0.231. The molecule has 41 heavy (non-hydrogen) atoms. The topological polar surface area (TPSA) is 130 Å². The normalized spacial score (nSPS) is 14.3. The highest BCUT2D eigenvalue weighted by Crippen LogP contribution is 2.28. The fourth-order valence-electron chi connectivity index (χ4n) is 4.82. The molecule has 12 heteroatoms. The lowest BCUT2D eigenvalue weighted by Gasteiger charge is -2.32. The number of sulfonamides is 1. The van der Waals surface area contributed by atoms with Gasteiger partial charge in [-0.15, -0.1) is 0 Å². The van der Waals surface area contributed by atoms with Crippen LogP contribution in [0.25, 0.3) is 0 Å². The van der Waals surface area contributed by atoms with Crippen molar-refractivity contribution in [2.45, 2.75) is 56.1 Å². The van der Waals surface area contributed by atoms with Crippen molar-refractivity contribution in [1.82, 2.24) is 10.2 Å². The molecule has 0 aliphatic heterocycles. The number of hydrogen-bond donors (Lipinski definition) is 1. The molecule has 1 aliphatic carbocycles. The lowest BCUT2D eigenvalue weighted by molar-refractivity contribution is -0.384. The monoisotopic (exact) mass is 642 g/mol. The Morgan fingerprint density at radius 2 is 1.71 bits per heavy atom. The van der Waals surface area contributed by atoms with Gasteiger partial charge in [0.25, 0.3) is 15.7 Å². The molecule has 1 saturated carbocycles. The summed E-state index contributed by atoms with van der Waals surface area (Å²) >= 11 is 3.43.